The molecule has 1 atom stereocenters. The van der Waals surface area contributed by atoms with Gasteiger partial charge in [0, 0.05) is 6.04 Å². The lowest BCUT2D eigenvalue weighted by Gasteiger charge is -2.13. The summed E-state index contributed by atoms with van der Waals surface area (Å²) < 4.78 is 35.8. The average molecular weight is 203 g/mol. The molecular weight excluding hydrogens is 191 g/mol. The van der Waals surface area contributed by atoms with Crippen LogP contribution in [0.1, 0.15) is 12.0 Å². The Bertz CT molecular complexity index is 268. The molecule has 0 aromatic heterocycles. The Kier molecular flexibility index (Phi) is 3.52. The molecule has 0 saturated heterocycles. The van der Waals surface area contributed by atoms with E-state index in [-0.39, 0.29) is 6.42 Å². The van der Waals surface area contributed by atoms with Crippen LogP contribution in [0.3, 0.4) is 0 Å². The number of hydrogen-bond acceptors (Lipinski definition) is 1. The molecule has 0 unspecified atom stereocenters. The number of hydrogen-bond donors (Lipinski definition) is 1. The van der Waals surface area contributed by atoms with E-state index in [9.17, 15) is 13.2 Å². The Hall–Kier alpha value is -1.03. The van der Waals surface area contributed by atoms with Crippen molar-refractivity contribution in [2.24, 2.45) is 5.73 Å². The first-order valence-electron chi connectivity index (χ1n) is 4.33. The van der Waals surface area contributed by atoms with E-state index in [0.29, 0.717) is 0 Å². The number of benzene rings is 1. The van der Waals surface area contributed by atoms with Crippen LogP contribution in [0, 0.1) is 0 Å². The lowest BCUT2D eigenvalue weighted by Crippen LogP contribution is -2.29. The first-order chi connectivity index (χ1) is 6.47. The van der Waals surface area contributed by atoms with Crippen molar-refractivity contribution in [3.05, 3.63) is 35.9 Å². The van der Waals surface area contributed by atoms with Gasteiger partial charge in [0.1, 0.15) is 0 Å². The van der Waals surface area contributed by atoms with Crippen LogP contribution in [0.5, 0.6) is 0 Å². The number of nitrogens with two attached hydrogens (primary N) is 1. The summed E-state index contributed by atoms with van der Waals surface area (Å²) in [6.07, 6.45) is -4.84. The molecular formula is C10H12F3N. The quantitative estimate of drug-likeness (QED) is 0.802. The van der Waals surface area contributed by atoms with Gasteiger partial charge in [0.2, 0.25) is 0 Å². The fourth-order valence-electron chi connectivity index (χ4n) is 1.29. The predicted molar refractivity (Wildman–Crippen MR) is 48.8 cm³/mol. The van der Waals surface area contributed by atoms with Crippen molar-refractivity contribution >= 4 is 0 Å². The Balaban J connectivity index is 2.46. The third-order valence-electron chi connectivity index (χ3n) is 1.83. The molecule has 1 nitrogen and oxygen atoms in total. The van der Waals surface area contributed by atoms with E-state index < -0.39 is 18.6 Å². The van der Waals surface area contributed by atoms with Gasteiger partial charge in [-0.05, 0) is 12.0 Å². The summed E-state index contributed by atoms with van der Waals surface area (Å²) >= 11 is 0. The zero-order chi connectivity index (χ0) is 10.6. The summed E-state index contributed by atoms with van der Waals surface area (Å²) in [5.74, 6) is 0. The van der Waals surface area contributed by atoms with Crippen LogP contribution in [0.25, 0.3) is 0 Å². The third-order valence-corrected chi connectivity index (χ3v) is 1.83. The maximum atomic E-state index is 11.9. The van der Waals surface area contributed by atoms with Crippen LogP contribution in [-0.2, 0) is 6.42 Å². The highest BCUT2D eigenvalue weighted by atomic mass is 19.4. The highest BCUT2D eigenvalue weighted by Crippen LogP contribution is 2.22. The molecule has 0 fully saturated rings. The lowest BCUT2D eigenvalue weighted by atomic mass is 10.0. The van der Waals surface area contributed by atoms with Crippen LogP contribution in [0.4, 0.5) is 13.2 Å². The van der Waals surface area contributed by atoms with Gasteiger partial charge in [-0.25, -0.2) is 0 Å². The Morgan fingerprint density at radius 2 is 1.71 bits per heavy atom. The molecule has 0 radical (unpaired) electrons. The summed E-state index contributed by atoms with van der Waals surface area (Å²) in [4.78, 5) is 0. The zero-order valence-corrected chi connectivity index (χ0v) is 7.59. The van der Waals surface area contributed by atoms with Gasteiger partial charge in [-0.3, -0.25) is 0 Å². The van der Waals surface area contributed by atoms with E-state index >= 15 is 0 Å². The normalized spacial score (nSPS) is 14.0. The molecule has 1 aromatic carbocycles. The van der Waals surface area contributed by atoms with Crippen molar-refractivity contribution in [1.29, 1.82) is 0 Å². The van der Waals surface area contributed by atoms with Gasteiger partial charge >= 0.3 is 6.18 Å². The fraction of sp³-hybridized carbons (Fsp3) is 0.400. The van der Waals surface area contributed by atoms with Crippen molar-refractivity contribution < 1.29 is 13.2 Å². The maximum Gasteiger partial charge on any atom is 0.390 e. The Labute approximate surface area is 80.7 Å². The number of rotatable bonds is 3. The van der Waals surface area contributed by atoms with Crippen LogP contribution in [0.2, 0.25) is 0 Å². The smallest absolute Gasteiger partial charge is 0.327 e. The van der Waals surface area contributed by atoms with Crippen molar-refractivity contribution in [3.63, 3.8) is 0 Å². The first-order valence-corrected chi connectivity index (χ1v) is 4.33. The second kappa shape index (κ2) is 4.46. The van der Waals surface area contributed by atoms with Crippen LogP contribution < -0.4 is 5.73 Å². The summed E-state index contributed by atoms with van der Waals surface area (Å²) in [6, 6.07) is 8.09. The summed E-state index contributed by atoms with van der Waals surface area (Å²) in [5.41, 5.74) is 6.21. The molecule has 0 aliphatic rings. The summed E-state index contributed by atoms with van der Waals surface area (Å²) in [5, 5.41) is 0. The van der Waals surface area contributed by atoms with Crippen LogP contribution >= 0.6 is 0 Å². The molecule has 0 spiro atoms. The van der Waals surface area contributed by atoms with Gasteiger partial charge in [0.25, 0.3) is 0 Å². The Morgan fingerprint density at radius 3 is 2.21 bits per heavy atom. The minimum atomic E-state index is -4.17. The largest absolute Gasteiger partial charge is 0.390 e. The predicted octanol–water partition coefficient (Wildman–Crippen LogP) is 2.51. The van der Waals surface area contributed by atoms with Gasteiger partial charge in [-0.1, -0.05) is 30.3 Å². The van der Waals surface area contributed by atoms with E-state index in [4.69, 9.17) is 5.73 Å². The van der Waals surface area contributed by atoms with Gasteiger partial charge in [0.15, 0.2) is 0 Å². The van der Waals surface area contributed by atoms with Crippen LogP contribution in [0.15, 0.2) is 30.3 Å². The minimum Gasteiger partial charge on any atom is -0.327 e. The van der Waals surface area contributed by atoms with Crippen molar-refractivity contribution in [1.82, 2.24) is 0 Å². The average Bonchev–Trinajstić information content (AvgIpc) is 2.02. The molecule has 78 valence electrons. The van der Waals surface area contributed by atoms with E-state index in [1.807, 2.05) is 6.07 Å². The monoisotopic (exact) mass is 203 g/mol. The molecule has 0 heterocycles. The minimum absolute atomic E-state index is 0.264. The maximum absolute atomic E-state index is 11.9. The molecule has 2 N–H and O–H groups in total. The number of alkyl halides is 3. The van der Waals surface area contributed by atoms with Gasteiger partial charge in [0.05, 0.1) is 6.42 Å². The molecule has 0 aliphatic heterocycles. The van der Waals surface area contributed by atoms with Gasteiger partial charge in [-0.15, -0.1) is 0 Å². The highest BCUT2D eigenvalue weighted by molar-refractivity contribution is 5.15. The fourth-order valence-corrected chi connectivity index (χ4v) is 1.29. The van der Waals surface area contributed by atoms with E-state index in [0.717, 1.165) is 5.56 Å². The standard InChI is InChI=1S/C10H12F3N/c11-10(12,13)7-9(14)6-8-4-2-1-3-5-8/h1-5,9H,6-7,14H2/t9-/m1/s1. The van der Waals surface area contributed by atoms with Crippen molar-refractivity contribution in [3.8, 4) is 0 Å². The second-order valence-corrected chi connectivity index (χ2v) is 3.27. The van der Waals surface area contributed by atoms with Gasteiger partial charge in [-0.2, -0.15) is 13.2 Å². The van der Waals surface area contributed by atoms with Gasteiger partial charge < -0.3 is 5.73 Å². The summed E-state index contributed by atoms with van der Waals surface area (Å²) in [6.45, 7) is 0. The molecule has 1 aromatic rings. The first kappa shape index (κ1) is 11.0. The summed E-state index contributed by atoms with van der Waals surface area (Å²) in [7, 11) is 0. The highest BCUT2D eigenvalue weighted by Gasteiger charge is 2.30. The van der Waals surface area contributed by atoms with Crippen molar-refractivity contribution in [2.45, 2.75) is 25.1 Å². The number of halogens is 3. The molecule has 0 bridgehead atoms. The zero-order valence-electron chi connectivity index (χ0n) is 7.59. The van der Waals surface area contributed by atoms with E-state index in [1.54, 1.807) is 24.3 Å². The molecule has 0 aliphatic carbocycles. The SMILES string of the molecule is N[C@H](Cc1ccccc1)CC(F)(F)F. The third kappa shape index (κ3) is 4.28. The molecule has 0 saturated carbocycles. The van der Waals surface area contributed by atoms with Crippen LogP contribution in [-0.4, -0.2) is 12.2 Å². The molecule has 0 amide bonds. The van der Waals surface area contributed by atoms with E-state index in [2.05, 4.69) is 0 Å². The second-order valence-electron chi connectivity index (χ2n) is 3.27. The van der Waals surface area contributed by atoms with Crippen molar-refractivity contribution in [2.75, 3.05) is 0 Å². The molecule has 4 heteroatoms. The topological polar surface area (TPSA) is 26.0 Å². The van der Waals surface area contributed by atoms with E-state index in [1.165, 1.54) is 0 Å². The molecule has 14 heavy (non-hydrogen) atoms. The Morgan fingerprint density at radius 1 is 1.14 bits per heavy atom. The lowest BCUT2D eigenvalue weighted by molar-refractivity contribution is -0.138. The molecule has 1 rings (SSSR count).